The van der Waals surface area contributed by atoms with Crippen LogP contribution in [0.2, 0.25) is 0 Å². The molecule has 1 N–H and O–H groups in total. The topological polar surface area (TPSA) is 34.2 Å². The Balaban J connectivity index is 1.21. The third-order valence-electron chi connectivity index (χ3n) is 9.77. The number of nitrogens with zero attached hydrogens (tertiary/aromatic N) is 3. The lowest BCUT2D eigenvalue weighted by Gasteiger charge is -2.28. The summed E-state index contributed by atoms with van der Waals surface area (Å²) in [6, 6.07) is 58.5. The van der Waals surface area contributed by atoms with Crippen molar-refractivity contribution in [2.24, 2.45) is 4.99 Å². The van der Waals surface area contributed by atoms with Gasteiger partial charge in [-0.1, -0.05) is 115 Å². The summed E-state index contributed by atoms with van der Waals surface area (Å²) < 4.78 is 4.67. The van der Waals surface area contributed by atoms with E-state index < -0.39 is 0 Å². The molecule has 226 valence electrons. The molecule has 0 bridgehead atoms. The van der Waals surface area contributed by atoms with E-state index in [1.165, 1.54) is 43.6 Å². The molecule has 3 heterocycles. The molecule has 0 spiro atoms. The molecule has 48 heavy (non-hydrogen) atoms. The maximum Gasteiger partial charge on any atom is 0.201 e. The van der Waals surface area contributed by atoms with Crippen molar-refractivity contribution in [3.8, 4) is 16.8 Å². The highest BCUT2D eigenvalue weighted by atomic mass is 15.3. The van der Waals surface area contributed by atoms with Crippen molar-refractivity contribution in [3.63, 3.8) is 0 Å². The minimum Gasteiger partial charge on any atom is -0.346 e. The number of hydrogen-bond donors (Lipinski definition) is 1. The first-order valence-electron chi connectivity index (χ1n) is 16.4. The standard InChI is InChI=1S/C44H30N4/c1-3-11-29(12-4-1)30-19-21-31(22-20-30)43-35-17-9-10-18-38(35)45-44(46-43)48-40-24-23-39-36(25-26-47(39)34-15-5-2-6-16-34)42(40)37-27-32-13-7-8-14-33(32)28-41(37)48/h1-28,44-45H. The van der Waals surface area contributed by atoms with Crippen molar-refractivity contribution >= 4 is 54.9 Å². The molecule has 0 amide bonds. The molecule has 4 nitrogen and oxygen atoms in total. The second-order valence-electron chi connectivity index (χ2n) is 12.5. The van der Waals surface area contributed by atoms with Crippen LogP contribution in [0, 0.1) is 0 Å². The van der Waals surface area contributed by atoms with Gasteiger partial charge >= 0.3 is 0 Å². The fraction of sp³-hybridized carbons (Fsp3) is 0.0227. The minimum absolute atomic E-state index is 0.349. The van der Waals surface area contributed by atoms with Gasteiger partial charge in [0.2, 0.25) is 6.29 Å². The molecular weight excluding hydrogens is 585 g/mol. The number of para-hydroxylation sites is 2. The number of fused-ring (bicyclic) bond motifs is 7. The van der Waals surface area contributed by atoms with Gasteiger partial charge in [-0.05, 0) is 70.4 Å². The van der Waals surface area contributed by atoms with Crippen molar-refractivity contribution in [1.82, 2.24) is 9.13 Å². The van der Waals surface area contributed by atoms with Gasteiger partial charge < -0.3 is 14.5 Å². The van der Waals surface area contributed by atoms with E-state index in [4.69, 9.17) is 4.99 Å². The zero-order valence-electron chi connectivity index (χ0n) is 26.1. The van der Waals surface area contributed by atoms with Crippen LogP contribution in [0.3, 0.4) is 0 Å². The number of aromatic nitrogens is 2. The number of nitrogens with one attached hydrogen (secondary N) is 1. The van der Waals surface area contributed by atoms with Crippen LogP contribution in [0.1, 0.15) is 17.4 Å². The van der Waals surface area contributed by atoms with Crippen LogP contribution in [0.15, 0.2) is 175 Å². The van der Waals surface area contributed by atoms with E-state index in [0.29, 0.717) is 0 Å². The molecule has 2 aromatic heterocycles. The lowest BCUT2D eigenvalue weighted by atomic mass is 9.96. The summed E-state index contributed by atoms with van der Waals surface area (Å²) in [6.45, 7) is 0. The number of hydrogen-bond acceptors (Lipinski definition) is 2. The lowest BCUT2D eigenvalue weighted by Crippen LogP contribution is -2.24. The molecule has 0 saturated carbocycles. The van der Waals surface area contributed by atoms with Gasteiger partial charge in [0.15, 0.2) is 0 Å². The third kappa shape index (κ3) is 4.13. The van der Waals surface area contributed by atoms with E-state index in [0.717, 1.165) is 39.2 Å². The van der Waals surface area contributed by atoms with Gasteiger partial charge in [-0.25, -0.2) is 4.99 Å². The molecule has 0 aliphatic carbocycles. The Labute approximate surface area is 277 Å². The highest BCUT2D eigenvalue weighted by Crippen LogP contribution is 2.41. The fourth-order valence-corrected chi connectivity index (χ4v) is 7.51. The van der Waals surface area contributed by atoms with Crippen LogP contribution in [-0.4, -0.2) is 14.8 Å². The molecule has 0 fully saturated rings. The number of anilines is 1. The SMILES string of the molecule is c1ccc(-c2ccc(C3=NC(n4c5cc6ccccc6cc5c5c6ccn(-c7ccccc7)c6ccc54)Nc4ccccc43)cc2)cc1. The Morgan fingerprint density at radius 1 is 0.500 bits per heavy atom. The molecule has 10 rings (SSSR count). The van der Waals surface area contributed by atoms with E-state index in [2.05, 4.69) is 184 Å². The first kappa shape index (κ1) is 26.8. The molecule has 4 heteroatoms. The average Bonchev–Trinajstić information content (AvgIpc) is 3.73. The second-order valence-corrected chi connectivity index (χ2v) is 12.5. The van der Waals surface area contributed by atoms with Crippen LogP contribution in [0.4, 0.5) is 5.69 Å². The predicted octanol–water partition coefficient (Wildman–Crippen LogP) is 11.0. The van der Waals surface area contributed by atoms with Gasteiger partial charge in [-0.2, -0.15) is 0 Å². The summed E-state index contributed by atoms with van der Waals surface area (Å²) in [5.41, 5.74) is 11.3. The quantitative estimate of drug-likeness (QED) is 0.210. The van der Waals surface area contributed by atoms with Crippen LogP contribution >= 0.6 is 0 Å². The summed E-state index contributed by atoms with van der Waals surface area (Å²) in [4.78, 5) is 5.51. The predicted molar refractivity (Wildman–Crippen MR) is 200 cm³/mol. The van der Waals surface area contributed by atoms with Crippen molar-refractivity contribution in [2.45, 2.75) is 6.29 Å². The molecule has 9 aromatic rings. The van der Waals surface area contributed by atoms with Crippen LogP contribution in [0.25, 0.3) is 60.3 Å². The van der Waals surface area contributed by atoms with E-state index in [9.17, 15) is 0 Å². The zero-order chi connectivity index (χ0) is 31.6. The fourth-order valence-electron chi connectivity index (χ4n) is 7.51. The molecular formula is C44H30N4. The Morgan fingerprint density at radius 2 is 1.15 bits per heavy atom. The maximum absolute atomic E-state index is 5.51. The monoisotopic (exact) mass is 614 g/mol. The van der Waals surface area contributed by atoms with E-state index >= 15 is 0 Å². The van der Waals surface area contributed by atoms with Gasteiger partial charge in [0, 0.05) is 44.9 Å². The van der Waals surface area contributed by atoms with Crippen molar-refractivity contribution in [2.75, 3.05) is 5.32 Å². The van der Waals surface area contributed by atoms with Gasteiger partial charge in [0.05, 0.1) is 22.3 Å². The average molecular weight is 615 g/mol. The second kappa shape index (κ2) is 10.6. The highest BCUT2D eigenvalue weighted by molar-refractivity contribution is 6.23. The molecule has 1 atom stereocenters. The molecule has 0 saturated heterocycles. The molecule has 7 aromatic carbocycles. The first-order chi connectivity index (χ1) is 23.8. The number of rotatable bonds is 4. The van der Waals surface area contributed by atoms with E-state index in [1.54, 1.807) is 0 Å². The third-order valence-corrected chi connectivity index (χ3v) is 9.77. The van der Waals surface area contributed by atoms with Gasteiger partial charge in [-0.15, -0.1) is 0 Å². The summed E-state index contributed by atoms with van der Waals surface area (Å²) in [5, 5.41) is 9.96. The largest absolute Gasteiger partial charge is 0.346 e. The molecule has 0 radical (unpaired) electrons. The normalized spacial score (nSPS) is 14.3. The van der Waals surface area contributed by atoms with Crippen molar-refractivity contribution in [3.05, 3.63) is 181 Å². The maximum atomic E-state index is 5.51. The zero-order valence-corrected chi connectivity index (χ0v) is 26.1. The summed E-state index contributed by atoms with van der Waals surface area (Å²) in [5.74, 6) is 0. The molecule has 1 unspecified atom stereocenters. The van der Waals surface area contributed by atoms with E-state index in [-0.39, 0.29) is 6.29 Å². The van der Waals surface area contributed by atoms with Crippen molar-refractivity contribution < 1.29 is 0 Å². The van der Waals surface area contributed by atoms with Crippen LogP contribution < -0.4 is 5.32 Å². The Morgan fingerprint density at radius 3 is 1.96 bits per heavy atom. The van der Waals surface area contributed by atoms with Crippen LogP contribution in [0.5, 0.6) is 0 Å². The van der Waals surface area contributed by atoms with E-state index in [1.807, 2.05) is 0 Å². The number of aliphatic imine (C=N–C) groups is 1. The molecule has 1 aliphatic heterocycles. The first-order valence-corrected chi connectivity index (χ1v) is 16.4. The summed E-state index contributed by atoms with van der Waals surface area (Å²) in [7, 11) is 0. The Hall–Kier alpha value is -6.39. The molecule has 1 aliphatic rings. The summed E-state index contributed by atoms with van der Waals surface area (Å²) >= 11 is 0. The Bertz CT molecular complexity index is 2680. The van der Waals surface area contributed by atoms with Gasteiger partial charge in [0.1, 0.15) is 0 Å². The lowest BCUT2D eigenvalue weighted by molar-refractivity contribution is 0.625. The number of benzene rings is 7. The summed E-state index contributed by atoms with van der Waals surface area (Å²) in [6.07, 6.45) is 1.84. The highest BCUT2D eigenvalue weighted by Gasteiger charge is 2.26. The Kier molecular flexibility index (Phi) is 5.90. The van der Waals surface area contributed by atoms with Crippen molar-refractivity contribution in [1.29, 1.82) is 0 Å². The van der Waals surface area contributed by atoms with Gasteiger partial charge in [0.25, 0.3) is 0 Å². The smallest absolute Gasteiger partial charge is 0.201 e. The van der Waals surface area contributed by atoms with Crippen LogP contribution in [-0.2, 0) is 0 Å². The minimum atomic E-state index is -0.349. The van der Waals surface area contributed by atoms with Gasteiger partial charge in [-0.3, -0.25) is 0 Å².